The number of hydrogen-bond acceptors (Lipinski definition) is 7. The van der Waals surface area contributed by atoms with Gasteiger partial charge in [0.15, 0.2) is 11.5 Å². The van der Waals surface area contributed by atoms with Gasteiger partial charge in [-0.1, -0.05) is 30.0 Å². The summed E-state index contributed by atoms with van der Waals surface area (Å²) in [5, 5.41) is 14.9. The highest BCUT2D eigenvalue weighted by molar-refractivity contribution is 6.25. The lowest BCUT2D eigenvalue weighted by Gasteiger charge is -2.23. The summed E-state index contributed by atoms with van der Waals surface area (Å²) in [7, 11) is 1.79. The van der Waals surface area contributed by atoms with E-state index in [-0.39, 0.29) is 28.2 Å². The van der Waals surface area contributed by atoms with Crippen LogP contribution in [0, 0.1) is 11.8 Å². The van der Waals surface area contributed by atoms with Gasteiger partial charge in [0.25, 0.3) is 17.4 Å². The number of anilines is 2. The average molecular weight is 570 g/mol. The van der Waals surface area contributed by atoms with Crippen LogP contribution in [0.5, 0.6) is 0 Å². The van der Waals surface area contributed by atoms with Crippen LogP contribution in [-0.4, -0.2) is 40.8 Å². The Labute approximate surface area is 243 Å². The van der Waals surface area contributed by atoms with Crippen LogP contribution in [-0.2, 0) is 7.05 Å². The zero-order valence-corrected chi connectivity index (χ0v) is 23.0. The number of aromatic nitrogens is 6. The molecule has 12 heteroatoms. The molecular formula is C31H23N9O3. The Morgan fingerprint density at radius 1 is 1.07 bits per heavy atom. The minimum absolute atomic E-state index is 0.00348. The number of rotatable bonds is 4. The van der Waals surface area contributed by atoms with Crippen molar-refractivity contribution in [3.8, 4) is 17.5 Å². The second-order valence-corrected chi connectivity index (χ2v) is 10.1. The monoisotopic (exact) mass is 569 g/mol. The second kappa shape index (κ2) is 9.71. The van der Waals surface area contributed by atoms with Gasteiger partial charge >= 0.3 is 0 Å². The Morgan fingerprint density at radius 3 is 2.65 bits per heavy atom. The molecule has 1 aliphatic heterocycles. The van der Waals surface area contributed by atoms with Gasteiger partial charge in [0.1, 0.15) is 5.56 Å². The van der Waals surface area contributed by atoms with Gasteiger partial charge in [-0.15, -0.1) is 5.10 Å². The average Bonchev–Trinajstić information content (AvgIpc) is 3.67. The second-order valence-electron chi connectivity index (χ2n) is 10.1. The highest BCUT2D eigenvalue weighted by atomic mass is 16.2. The lowest BCUT2D eigenvalue weighted by Crippen LogP contribution is -2.34. The number of nitrogen functional groups attached to an aromatic ring is 1. The van der Waals surface area contributed by atoms with Gasteiger partial charge < -0.3 is 16.4 Å². The summed E-state index contributed by atoms with van der Waals surface area (Å²) in [5.41, 5.74) is 8.84. The summed E-state index contributed by atoms with van der Waals surface area (Å²) in [6, 6.07) is 13.3. The van der Waals surface area contributed by atoms with Crippen LogP contribution in [0.2, 0.25) is 0 Å². The number of para-hydroxylation sites is 1. The number of fused-ring (bicyclic) bond motifs is 1. The maximum atomic E-state index is 14.5. The molecule has 1 unspecified atom stereocenters. The van der Waals surface area contributed by atoms with Crippen LogP contribution in [0.25, 0.3) is 22.1 Å². The van der Waals surface area contributed by atoms with E-state index in [9.17, 15) is 14.4 Å². The predicted molar refractivity (Wildman–Crippen MR) is 160 cm³/mol. The van der Waals surface area contributed by atoms with Crippen molar-refractivity contribution < 1.29 is 9.59 Å². The minimum atomic E-state index is -0.820. The van der Waals surface area contributed by atoms with Crippen LogP contribution >= 0.6 is 0 Å². The molecule has 0 spiro atoms. The van der Waals surface area contributed by atoms with Crippen LogP contribution < -0.4 is 21.9 Å². The standard InChI is InChI=1S/C31H23N9O3/c1-17(35-30(42)25-27(32)37-39-14-6-13-33-28(25)39)26-24-23-21(36-29(24)41)12-11-19(10-9-18-15-34-38(2)16-18)22(23)31(43)40(26)20-7-4-3-5-8-20/h3-8,11-17H,1-2H3,(H2,32,37)(H,35,42)(H,36,41). The Kier molecular flexibility index (Phi) is 5.81. The molecular weight excluding hydrogens is 546 g/mol. The van der Waals surface area contributed by atoms with E-state index in [2.05, 4.69) is 37.7 Å². The van der Waals surface area contributed by atoms with Crippen molar-refractivity contribution in [2.24, 2.45) is 7.05 Å². The first-order valence-electron chi connectivity index (χ1n) is 13.3. The van der Waals surface area contributed by atoms with Crippen LogP contribution in [0.4, 0.5) is 11.5 Å². The smallest absolute Gasteiger partial charge is 0.264 e. The largest absolute Gasteiger partial charge is 0.381 e. The summed E-state index contributed by atoms with van der Waals surface area (Å²) < 4.78 is 4.52. The van der Waals surface area contributed by atoms with Gasteiger partial charge in [-0.05, 0) is 37.3 Å². The Bertz CT molecular complexity index is 2250. The summed E-state index contributed by atoms with van der Waals surface area (Å²) in [4.78, 5) is 45.9. The summed E-state index contributed by atoms with van der Waals surface area (Å²) >= 11 is 0. The van der Waals surface area contributed by atoms with Crippen molar-refractivity contribution in [1.29, 1.82) is 0 Å². The van der Waals surface area contributed by atoms with E-state index >= 15 is 0 Å². The normalized spacial score (nSPS) is 12.7. The summed E-state index contributed by atoms with van der Waals surface area (Å²) in [5.74, 6) is 5.22. The van der Waals surface area contributed by atoms with Gasteiger partial charge in [0.05, 0.1) is 40.1 Å². The number of benzene rings is 2. The molecule has 0 saturated heterocycles. The van der Waals surface area contributed by atoms with E-state index in [0.29, 0.717) is 39.0 Å². The first kappa shape index (κ1) is 25.7. The predicted octanol–water partition coefficient (Wildman–Crippen LogP) is 2.81. The highest BCUT2D eigenvalue weighted by Crippen LogP contribution is 2.38. The molecule has 4 aromatic heterocycles. The van der Waals surface area contributed by atoms with Gasteiger partial charge in [0.2, 0.25) is 0 Å². The number of carbonyl (C=O) groups excluding carboxylic acids is 2. The van der Waals surface area contributed by atoms with Gasteiger partial charge in [-0.25, -0.2) is 9.50 Å². The van der Waals surface area contributed by atoms with Gasteiger partial charge in [0, 0.05) is 42.3 Å². The molecule has 12 nitrogen and oxygen atoms in total. The van der Waals surface area contributed by atoms with E-state index in [1.807, 2.05) is 6.07 Å². The molecule has 1 atom stereocenters. The maximum Gasteiger partial charge on any atom is 0.264 e. The molecule has 0 aliphatic carbocycles. The summed E-state index contributed by atoms with van der Waals surface area (Å²) in [6.07, 6.45) is 6.58. The molecule has 4 N–H and O–H groups in total. The molecule has 43 heavy (non-hydrogen) atoms. The van der Waals surface area contributed by atoms with Crippen molar-refractivity contribution in [2.45, 2.75) is 13.0 Å². The molecule has 5 heterocycles. The van der Waals surface area contributed by atoms with E-state index < -0.39 is 17.9 Å². The highest BCUT2D eigenvalue weighted by Gasteiger charge is 2.34. The molecule has 0 saturated carbocycles. The molecule has 6 aromatic rings. The SMILES string of the molecule is CC(NC(=O)c1c(N)nn2cccnc12)c1c2c3c(ccc(C#Cc4cnn(C)c4)c3c(=O)n1-c1ccccc1)NC2=O. The fourth-order valence-corrected chi connectivity index (χ4v) is 5.50. The van der Waals surface area contributed by atoms with Crippen molar-refractivity contribution >= 4 is 39.7 Å². The van der Waals surface area contributed by atoms with Crippen molar-refractivity contribution in [3.05, 3.63) is 112 Å². The molecule has 1 aliphatic rings. The first-order chi connectivity index (χ1) is 20.8. The fraction of sp³-hybridized carbons (Fsp3) is 0.0968. The molecule has 0 radical (unpaired) electrons. The summed E-state index contributed by atoms with van der Waals surface area (Å²) in [6.45, 7) is 1.71. The van der Waals surface area contributed by atoms with E-state index in [0.717, 1.165) is 0 Å². The molecule has 0 bridgehead atoms. The number of nitrogens with zero attached hydrogens (tertiary/aromatic N) is 6. The van der Waals surface area contributed by atoms with E-state index in [1.54, 1.807) is 79.7 Å². The van der Waals surface area contributed by atoms with Crippen LogP contribution in [0.1, 0.15) is 50.5 Å². The molecule has 2 amide bonds. The first-order valence-corrected chi connectivity index (χ1v) is 13.3. The number of nitrogens with one attached hydrogen (secondary N) is 2. The third-order valence-corrected chi connectivity index (χ3v) is 7.31. The zero-order valence-electron chi connectivity index (χ0n) is 23.0. The van der Waals surface area contributed by atoms with Crippen molar-refractivity contribution in [2.75, 3.05) is 11.1 Å². The van der Waals surface area contributed by atoms with Gasteiger partial charge in [-0.2, -0.15) is 5.10 Å². The number of hydrogen-bond donors (Lipinski definition) is 3. The van der Waals surface area contributed by atoms with Crippen LogP contribution in [0.15, 0.2) is 78.1 Å². The Hall–Kier alpha value is -6.22. The van der Waals surface area contributed by atoms with Crippen molar-refractivity contribution in [3.63, 3.8) is 0 Å². The van der Waals surface area contributed by atoms with Gasteiger partial charge in [-0.3, -0.25) is 23.6 Å². The fourth-order valence-electron chi connectivity index (χ4n) is 5.50. The maximum absolute atomic E-state index is 14.5. The number of carbonyl (C=O) groups is 2. The quantitative estimate of drug-likeness (QED) is 0.276. The minimum Gasteiger partial charge on any atom is -0.381 e. The molecule has 7 rings (SSSR count). The van der Waals surface area contributed by atoms with E-state index in [4.69, 9.17) is 5.73 Å². The number of nitrogens with two attached hydrogens (primary N) is 1. The third-order valence-electron chi connectivity index (χ3n) is 7.31. The number of pyridine rings is 1. The lowest BCUT2D eigenvalue weighted by molar-refractivity contribution is 0.0937. The molecule has 0 fully saturated rings. The Balaban J connectivity index is 1.45. The Morgan fingerprint density at radius 2 is 1.88 bits per heavy atom. The van der Waals surface area contributed by atoms with E-state index in [1.165, 1.54) is 15.3 Å². The molecule has 210 valence electrons. The number of amides is 2. The molecule has 2 aromatic carbocycles. The third kappa shape index (κ3) is 4.10. The lowest BCUT2D eigenvalue weighted by atomic mass is 9.97. The zero-order chi connectivity index (χ0) is 29.8. The van der Waals surface area contributed by atoms with Crippen molar-refractivity contribution in [1.82, 2.24) is 34.3 Å². The number of aryl methyl sites for hydroxylation is 1. The van der Waals surface area contributed by atoms with Crippen LogP contribution in [0.3, 0.4) is 0 Å². The topological polar surface area (TPSA) is 154 Å².